The van der Waals surface area contributed by atoms with Crippen molar-refractivity contribution in [3.63, 3.8) is 0 Å². The van der Waals surface area contributed by atoms with Gasteiger partial charge < -0.3 is 15.4 Å². The van der Waals surface area contributed by atoms with Gasteiger partial charge in [0.15, 0.2) is 0 Å². The van der Waals surface area contributed by atoms with Crippen molar-refractivity contribution in [1.29, 1.82) is 0 Å². The molecule has 2 amide bonds. The van der Waals surface area contributed by atoms with Crippen molar-refractivity contribution in [2.45, 2.75) is 57.6 Å². The van der Waals surface area contributed by atoms with Gasteiger partial charge in [0.2, 0.25) is 5.91 Å². The Morgan fingerprint density at radius 1 is 1.44 bits per heavy atom. The fourth-order valence-corrected chi connectivity index (χ4v) is 2.70. The van der Waals surface area contributed by atoms with Crippen molar-refractivity contribution < 1.29 is 14.3 Å². The van der Waals surface area contributed by atoms with Crippen molar-refractivity contribution in [3.8, 4) is 0 Å². The molecule has 1 aliphatic carbocycles. The first-order chi connectivity index (χ1) is 8.31. The summed E-state index contributed by atoms with van der Waals surface area (Å²) in [6.45, 7) is 6.21. The number of carbonyl (C=O) groups is 2. The van der Waals surface area contributed by atoms with Crippen LogP contribution in [-0.2, 0) is 9.53 Å². The monoisotopic (exact) mass is 254 g/mol. The van der Waals surface area contributed by atoms with Gasteiger partial charge in [-0.2, -0.15) is 0 Å². The Kier molecular flexibility index (Phi) is 3.25. The van der Waals surface area contributed by atoms with E-state index in [0.717, 1.165) is 19.3 Å². The third-order valence-electron chi connectivity index (χ3n) is 3.75. The molecule has 1 saturated carbocycles. The normalized spacial score (nSPS) is 26.2. The van der Waals surface area contributed by atoms with E-state index in [2.05, 4.69) is 10.6 Å². The second kappa shape index (κ2) is 4.44. The summed E-state index contributed by atoms with van der Waals surface area (Å²) in [5.74, 6) is 0.281. The summed E-state index contributed by atoms with van der Waals surface area (Å²) in [6, 6.07) is 0. The van der Waals surface area contributed by atoms with Gasteiger partial charge in [0.1, 0.15) is 5.60 Å². The first-order valence-corrected chi connectivity index (χ1v) is 6.59. The summed E-state index contributed by atoms with van der Waals surface area (Å²) in [5, 5.41) is 5.83. The zero-order valence-electron chi connectivity index (χ0n) is 11.3. The highest BCUT2D eigenvalue weighted by atomic mass is 16.6. The van der Waals surface area contributed by atoms with E-state index in [0.29, 0.717) is 13.0 Å². The van der Waals surface area contributed by atoms with E-state index >= 15 is 0 Å². The number of rotatable bonds is 2. The highest BCUT2D eigenvalue weighted by molar-refractivity contribution is 5.79. The van der Waals surface area contributed by atoms with Crippen LogP contribution in [0, 0.1) is 5.92 Å². The predicted octanol–water partition coefficient (Wildman–Crippen LogP) is 1.57. The van der Waals surface area contributed by atoms with Gasteiger partial charge in [-0.1, -0.05) is 0 Å². The van der Waals surface area contributed by atoms with Crippen LogP contribution in [0.1, 0.15) is 46.5 Å². The summed E-state index contributed by atoms with van der Waals surface area (Å²) >= 11 is 0. The molecule has 5 nitrogen and oxygen atoms in total. The van der Waals surface area contributed by atoms with E-state index in [1.54, 1.807) is 0 Å². The van der Waals surface area contributed by atoms with Crippen molar-refractivity contribution >= 4 is 12.0 Å². The number of hydrogen-bond acceptors (Lipinski definition) is 3. The van der Waals surface area contributed by atoms with Gasteiger partial charge in [-0.3, -0.25) is 4.79 Å². The lowest BCUT2D eigenvalue weighted by atomic mass is 9.67. The fraction of sp³-hybridized carbons (Fsp3) is 0.846. The maximum absolute atomic E-state index is 11.9. The van der Waals surface area contributed by atoms with Crippen molar-refractivity contribution in [3.05, 3.63) is 0 Å². The van der Waals surface area contributed by atoms with Crippen molar-refractivity contribution in [2.24, 2.45) is 5.92 Å². The Balaban J connectivity index is 1.96. The largest absolute Gasteiger partial charge is 0.444 e. The maximum atomic E-state index is 11.9. The van der Waals surface area contributed by atoms with Crippen LogP contribution < -0.4 is 10.6 Å². The number of nitrogens with one attached hydrogen (secondary N) is 2. The average Bonchev–Trinajstić information content (AvgIpc) is 2.55. The van der Waals surface area contributed by atoms with Gasteiger partial charge in [0, 0.05) is 24.4 Å². The third-order valence-corrected chi connectivity index (χ3v) is 3.75. The molecule has 18 heavy (non-hydrogen) atoms. The Bertz CT molecular complexity index is 356. The lowest BCUT2D eigenvalue weighted by Crippen LogP contribution is -2.59. The van der Waals surface area contributed by atoms with Gasteiger partial charge >= 0.3 is 6.09 Å². The van der Waals surface area contributed by atoms with Crippen LogP contribution >= 0.6 is 0 Å². The molecule has 0 spiro atoms. The Hall–Kier alpha value is -1.26. The highest BCUT2D eigenvalue weighted by Gasteiger charge is 2.48. The Morgan fingerprint density at radius 2 is 2.11 bits per heavy atom. The van der Waals surface area contributed by atoms with E-state index in [9.17, 15) is 9.59 Å². The van der Waals surface area contributed by atoms with E-state index < -0.39 is 5.60 Å². The average molecular weight is 254 g/mol. The molecule has 1 unspecified atom stereocenters. The zero-order valence-corrected chi connectivity index (χ0v) is 11.3. The topological polar surface area (TPSA) is 67.4 Å². The van der Waals surface area contributed by atoms with Crippen LogP contribution in [0.25, 0.3) is 0 Å². The third kappa shape index (κ3) is 2.76. The van der Waals surface area contributed by atoms with E-state index in [-0.39, 0.29) is 23.5 Å². The molecule has 0 aromatic heterocycles. The van der Waals surface area contributed by atoms with Crippen LogP contribution in [-0.4, -0.2) is 29.7 Å². The number of hydrogen-bond donors (Lipinski definition) is 2. The van der Waals surface area contributed by atoms with Crippen LogP contribution in [0.15, 0.2) is 0 Å². The van der Waals surface area contributed by atoms with Gasteiger partial charge in [-0.05, 0) is 40.0 Å². The second-order valence-corrected chi connectivity index (χ2v) is 6.34. The summed E-state index contributed by atoms with van der Waals surface area (Å²) in [5.41, 5.74) is -0.722. The standard InChI is InChI=1S/C13H22N2O3/c1-12(2,3)18-11(17)15-13(5-4-6-13)9-7-10(16)14-8-9/h9H,4-8H2,1-3H3,(H,14,16)(H,15,17). The zero-order chi connectivity index (χ0) is 13.4. The molecular weight excluding hydrogens is 232 g/mol. The smallest absolute Gasteiger partial charge is 0.408 e. The minimum atomic E-state index is -0.487. The van der Waals surface area contributed by atoms with Crippen molar-refractivity contribution in [2.75, 3.05) is 6.54 Å². The summed E-state index contributed by atoms with van der Waals surface area (Å²) in [4.78, 5) is 23.2. The lowest BCUT2D eigenvalue weighted by molar-refractivity contribution is -0.119. The van der Waals surface area contributed by atoms with Gasteiger partial charge in [0.25, 0.3) is 0 Å². The van der Waals surface area contributed by atoms with Gasteiger partial charge in [-0.15, -0.1) is 0 Å². The Labute approximate surface area is 108 Å². The van der Waals surface area contributed by atoms with Crippen LogP contribution in [0.4, 0.5) is 4.79 Å². The molecule has 1 saturated heterocycles. The molecular formula is C13H22N2O3. The second-order valence-electron chi connectivity index (χ2n) is 6.34. The molecule has 102 valence electrons. The molecule has 1 atom stereocenters. The molecule has 0 aromatic rings. The first-order valence-electron chi connectivity index (χ1n) is 6.59. The summed E-state index contributed by atoms with van der Waals surface area (Å²) in [6.07, 6.45) is 3.11. The quantitative estimate of drug-likeness (QED) is 0.786. The van der Waals surface area contributed by atoms with Crippen LogP contribution in [0.5, 0.6) is 0 Å². The number of alkyl carbamates (subject to hydrolysis) is 1. The SMILES string of the molecule is CC(C)(C)OC(=O)NC1(C2CNC(=O)C2)CCC1. The molecule has 1 aliphatic heterocycles. The van der Waals surface area contributed by atoms with E-state index in [4.69, 9.17) is 4.74 Å². The maximum Gasteiger partial charge on any atom is 0.408 e. The molecule has 2 fully saturated rings. The molecule has 0 bridgehead atoms. The lowest BCUT2D eigenvalue weighted by Gasteiger charge is -2.46. The minimum Gasteiger partial charge on any atom is -0.444 e. The molecule has 2 N–H and O–H groups in total. The molecule has 2 aliphatic rings. The minimum absolute atomic E-state index is 0.0808. The summed E-state index contributed by atoms with van der Waals surface area (Å²) in [7, 11) is 0. The summed E-state index contributed by atoms with van der Waals surface area (Å²) < 4.78 is 5.30. The number of amides is 2. The molecule has 0 radical (unpaired) electrons. The number of ether oxygens (including phenoxy) is 1. The van der Waals surface area contributed by atoms with Crippen molar-refractivity contribution in [1.82, 2.24) is 10.6 Å². The molecule has 2 rings (SSSR count). The first kappa shape index (κ1) is 13.2. The van der Waals surface area contributed by atoms with E-state index in [1.165, 1.54) is 0 Å². The molecule has 5 heteroatoms. The van der Waals surface area contributed by atoms with Crippen LogP contribution in [0.2, 0.25) is 0 Å². The van der Waals surface area contributed by atoms with Gasteiger partial charge in [0.05, 0.1) is 0 Å². The fourth-order valence-electron chi connectivity index (χ4n) is 2.70. The van der Waals surface area contributed by atoms with E-state index in [1.807, 2.05) is 20.8 Å². The Morgan fingerprint density at radius 3 is 2.50 bits per heavy atom. The van der Waals surface area contributed by atoms with Gasteiger partial charge in [-0.25, -0.2) is 4.79 Å². The highest BCUT2D eigenvalue weighted by Crippen LogP contribution is 2.41. The predicted molar refractivity (Wildman–Crippen MR) is 67.1 cm³/mol. The molecule has 1 heterocycles. The molecule has 0 aromatic carbocycles. The van der Waals surface area contributed by atoms with Crippen LogP contribution in [0.3, 0.4) is 0 Å². The number of carbonyl (C=O) groups excluding carboxylic acids is 2.